The van der Waals surface area contributed by atoms with Crippen LogP contribution in [0.5, 0.6) is 5.75 Å². The van der Waals surface area contributed by atoms with Gasteiger partial charge in [-0.1, -0.05) is 12.1 Å². The minimum Gasteiger partial charge on any atom is -0.481 e. The van der Waals surface area contributed by atoms with Crippen molar-refractivity contribution in [2.75, 3.05) is 0 Å². The molecule has 2 rings (SSSR count). The Labute approximate surface area is 117 Å². The maximum absolute atomic E-state index is 12.2. The first kappa shape index (κ1) is 14.8. The van der Waals surface area contributed by atoms with Crippen LogP contribution in [0.15, 0.2) is 42.6 Å². The van der Waals surface area contributed by atoms with Crippen LogP contribution in [-0.2, 0) is 11.2 Å². The van der Waals surface area contributed by atoms with E-state index in [0.717, 1.165) is 0 Å². The number of carboxylic acids is 1. The fraction of sp³-hybridized carbons (Fsp3) is 0.143. The molecule has 4 nitrogen and oxygen atoms in total. The minimum atomic E-state index is -4.77. The standard InChI is InChI=1S/C14H10F3NO3/c15-14(16,17)21-11-3-1-2-10(8-11)12-6-9(4-5-18-12)7-13(19)20/h1-6,8H,7H2,(H,19,20). The largest absolute Gasteiger partial charge is 0.573 e. The van der Waals surface area contributed by atoms with Crippen molar-refractivity contribution >= 4 is 5.97 Å². The third-order valence-corrected chi connectivity index (χ3v) is 2.54. The van der Waals surface area contributed by atoms with Crippen molar-refractivity contribution in [2.24, 2.45) is 0 Å². The summed E-state index contributed by atoms with van der Waals surface area (Å²) in [6, 6.07) is 8.39. The number of aliphatic carboxylic acids is 1. The summed E-state index contributed by atoms with van der Waals surface area (Å²) in [6.07, 6.45) is -3.55. The molecule has 0 atom stereocenters. The number of rotatable bonds is 4. The molecule has 0 amide bonds. The van der Waals surface area contributed by atoms with Crippen molar-refractivity contribution in [2.45, 2.75) is 12.8 Å². The zero-order valence-electron chi connectivity index (χ0n) is 10.6. The average Bonchev–Trinajstić information content (AvgIpc) is 2.36. The van der Waals surface area contributed by atoms with E-state index in [-0.39, 0.29) is 12.2 Å². The highest BCUT2D eigenvalue weighted by atomic mass is 19.4. The quantitative estimate of drug-likeness (QED) is 0.941. The lowest BCUT2D eigenvalue weighted by Gasteiger charge is -2.10. The van der Waals surface area contributed by atoms with Crippen LogP contribution in [0.2, 0.25) is 0 Å². The molecular weight excluding hydrogens is 287 g/mol. The molecule has 0 aliphatic carbocycles. The molecule has 0 spiro atoms. The van der Waals surface area contributed by atoms with Gasteiger partial charge in [-0.25, -0.2) is 0 Å². The number of nitrogens with zero attached hydrogens (tertiary/aromatic N) is 1. The van der Waals surface area contributed by atoms with Crippen LogP contribution in [0, 0.1) is 0 Å². The van der Waals surface area contributed by atoms with Crippen molar-refractivity contribution in [3.63, 3.8) is 0 Å². The molecule has 0 aliphatic heterocycles. The number of pyridine rings is 1. The fourth-order valence-corrected chi connectivity index (χ4v) is 1.77. The summed E-state index contributed by atoms with van der Waals surface area (Å²) in [5, 5.41) is 8.73. The predicted octanol–water partition coefficient (Wildman–Crippen LogP) is 3.27. The van der Waals surface area contributed by atoms with Gasteiger partial charge >= 0.3 is 12.3 Å². The number of alkyl halides is 3. The van der Waals surface area contributed by atoms with Gasteiger partial charge in [-0.05, 0) is 29.8 Å². The Balaban J connectivity index is 2.29. The smallest absolute Gasteiger partial charge is 0.481 e. The third kappa shape index (κ3) is 4.48. The molecule has 0 radical (unpaired) electrons. The van der Waals surface area contributed by atoms with E-state index < -0.39 is 12.3 Å². The fourth-order valence-electron chi connectivity index (χ4n) is 1.77. The second-order valence-electron chi connectivity index (χ2n) is 4.20. The number of ether oxygens (including phenoxy) is 1. The summed E-state index contributed by atoms with van der Waals surface area (Å²) in [7, 11) is 0. The monoisotopic (exact) mass is 297 g/mol. The first-order valence-electron chi connectivity index (χ1n) is 5.86. The van der Waals surface area contributed by atoms with Crippen LogP contribution in [0.25, 0.3) is 11.3 Å². The van der Waals surface area contributed by atoms with E-state index in [1.807, 2.05) is 0 Å². The highest BCUT2D eigenvalue weighted by Gasteiger charge is 2.31. The highest BCUT2D eigenvalue weighted by Crippen LogP contribution is 2.27. The van der Waals surface area contributed by atoms with Gasteiger partial charge in [0.1, 0.15) is 5.75 Å². The number of halogens is 3. The maximum Gasteiger partial charge on any atom is 0.573 e. The molecule has 0 fully saturated rings. The van der Waals surface area contributed by atoms with Crippen molar-refractivity contribution in [1.82, 2.24) is 4.98 Å². The molecule has 0 saturated carbocycles. The third-order valence-electron chi connectivity index (χ3n) is 2.54. The van der Waals surface area contributed by atoms with Crippen LogP contribution in [0.1, 0.15) is 5.56 Å². The first-order valence-corrected chi connectivity index (χ1v) is 5.86. The second-order valence-corrected chi connectivity index (χ2v) is 4.20. The van der Waals surface area contributed by atoms with Crippen LogP contribution >= 0.6 is 0 Å². The molecule has 1 aromatic heterocycles. The summed E-state index contributed by atoms with van der Waals surface area (Å²) in [4.78, 5) is 14.7. The van der Waals surface area contributed by atoms with Crippen LogP contribution < -0.4 is 4.74 Å². The summed E-state index contributed by atoms with van der Waals surface area (Å²) in [6.45, 7) is 0. The van der Waals surface area contributed by atoms with E-state index in [2.05, 4.69) is 9.72 Å². The van der Waals surface area contributed by atoms with Gasteiger partial charge in [0, 0.05) is 11.8 Å². The van der Waals surface area contributed by atoms with Crippen LogP contribution in [-0.4, -0.2) is 22.4 Å². The predicted molar refractivity (Wildman–Crippen MR) is 67.7 cm³/mol. The Morgan fingerprint density at radius 2 is 2.00 bits per heavy atom. The van der Waals surface area contributed by atoms with Gasteiger partial charge < -0.3 is 9.84 Å². The van der Waals surface area contributed by atoms with Gasteiger partial charge in [-0.2, -0.15) is 0 Å². The normalized spacial score (nSPS) is 11.2. The number of hydrogen-bond donors (Lipinski definition) is 1. The summed E-state index contributed by atoms with van der Waals surface area (Å²) in [5.74, 6) is -1.35. The first-order chi connectivity index (χ1) is 9.83. The van der Waals surface area contributed by atoms with Gasteiger partial charge in [0.25, 0.3) is 0 Å². The van der Waals surface area contributed by atoms with Crippen molar-refractivity contribution < 1.29 is 27.8 Å². The van der Waals surface area contributed by atoms with Crippen molar-refractivity contribution in [1.29, 1.82) is 0 Å². The Kier molecular flexibility index (Phi) is 4.11. The summed E-state index contributed by atoms with van der Waals surface area (Å²) >= 11 is 0. The number of benzene rings is 1. The molecule has 0 unspecified atom stereocenters. The lowest BCUT2D eigenvalue weighted by atomic mass is 10.1. The number of hydrogen-bond acceptors (Lipinski definition) is 3. The molecule has 0 saturated heterocycles. The van der Waals surface area contributed by atoms with Gasteiger partial charge in [0.15, 0.2) is 0 Å². The molecule has 1 aromatic carbocycles. The van der Waals surface area contributed by atoms with Gasteiger partial charge in [-0.3, -0.25) is 9.78 Å². The molecule has 0 bridgehead atoms. The zero-order valence-corrected chi connectivity index (χ0v) is 10.6. The maximum atomic E-state index is 12.2. The SMILES string of the molecule is O=C(O)Cc1ccnc(-c2cccc(OC(F)(F)F)c2)c1. The lowest BCUT2D eigenvalue weighted by Crippen LogP contribution is -2.17. The zero-order chi connectivity index (χ0) is 15.5. The Bertz CT molecular complexity index is 656. The molecule has 1 N–H and O–H groups in total. The van der Waals surface area contributed by atoms with Gasteiger partial charge in [0.05, 0.1) is 12.1 Å². The highest BCUT2D eigenvalue weighted by molar-refractivity contribution is 5.71. The van der Waals surface area contributed by atoms with E-state index in [0.29, 0.717) is 16.8 Å². The molecular formula is C14H10F3NO3. The number of carbonyl (C=O) groups is 1. The molecule has 7 heteroatoms. The molecule has 1 heterocycles. The van der Waals surface area contributed by atoms with Crippen LogP contribution in [0.4, 0.5) is 13.2 Å². The molecule has 21 heavy (non-hydrogen) atoms. The van der Waals surface area contributed by atoms with E-state index in [9.17, 15) is 18.0 Å². The van der Waals surface area contributed by atoms with E-state index in [4.69, 9.17) is 5.11 Å². The van der Waals surface area contributed by atoms with E-state index in [1.165, 1.54) is 36.5 Å². The topological polar surface area (TPSA) is 59.4 Å². The Morgan fingerprint density at radius 3 is 2.67 bits per heavy atom. The van der Waals surface area contributed by atoms with Crippen LogP contribution in [0.3, 0.4) is 0 Å². The van der Waals surface area contributed by atoms with Crippen molar-refractivity contribution in [3.8, 4) is 17.0 Å². The van der Waals surface area contributed by atoms with Gasteiger partial charge in [0.2, 0.25) is 0 Å². The summed E-state index contributed by atoms with van der Waals surface area (Å²) in [5.41, 5.74) is 1.29. The van der Waals surface area contributed by atoms with Crippen molar-refractivity contribution in [3.05, 3.63) is 48.2 Å². The Hall–Kier alpha value is -2.57. The number of carboxylic acid groups (broad SMARTS) is 1. The second kappa shape index (κ2) is 5.82. The minimum absolute atomic E-state index is 0.186. The summed E-state index contributed by atoms with van der Waals surface area (Å²) < 4.78 is 40.4. The lowest BCUT2D eigenvalue weighted by molar-refractivity contribution is -0.274. The van der Waals surface area contributed by atoms with E-state index in [1.54, 1.807) is 6.07 Å². The number of aromatic nitrogens is 1. The van der Waals surface area contributed by atoms with Gasteiger partial charge in [-0.15, -0.1) is 13.2 Å². The molecule has 2 aromatic rings. The molecule has 0 aliphatic rings. The average molecular weight is 297 g/mol. The molecule has 110 valence electrons. The van der Waals surface area contributed by atoms with E-state index >= 15 is 0 Å². The Morgan fingerprint density at radius 1 is 1.24 bits per heavy atom.